The number of aromatic nitrogens is 2. The van der Waals surface area contributed by atoms with E-state index in [1.165, 1.54) is 19.0 Å². The molecule has 0 saturated carbocycles. The average molecular weight is 595 g/mol. The maximum absolute atomic E-state index is 13.8. The van der Waals surface area contributed by atoms with Gasteiger partial charge in [-0.1, -0.05) is 17.7 Å². The maximum atomic E-state index is 13.8. The minimum Gasteiger partial charge on any atom is -0.453 e. The van der Waals surface area contributed by atoms with Crippen LogP contribution in [0.1, 0.15) is 46.6 Å². The lowest BCUT2D eigenvalue weighted by Crippen LogP contribution is -2.45. The molecule has 42 heavy (non-hydrogen) atoms. The second kappa shape index (κ2) is 12.8. The van der Waals surface area contributed by atoms with Gasteiger partial charge in [0.15, 0.2) is 0 Å². The molecule has 1 aromatic carbocycles. The molecule has 11 heteroatoms. The lowest BCUT2D eigenvalue weighted by atomic mass is 9.95. The molecule has 0 N–H and O–H groups in total. The van der Waals surface area contributed by atoms with Crippen molar-refractivity contribution in [2.45, 2.75) is 40.0 Å². The first-order valence-corrected chi connectivity index (χ1v) is 15.0. The van der Waals surface area contributed by atoms with Gasteiger partial charge in [-0.3, -0.25) is 14.5 Å². The van der Waals surface area contributed by atoms with Crippen molar-refractivity contribution in [2.75, 3.05) is 57.8 Å². The van der Waals surface area contributed by atoms with Gasteiger partial charge >= 0.3 is 6.09 Å². The summed E-state index contributed by atoms with van der Waals surface area (Å²) < 4.78 is 4.85. The van der Waals surface area contributed by atoms with Crippen LogP contribution in [0.4, 0.5) is 10.5 Å². The summed E-state index contributed by atoms with van der Waals surface area (Å²) >= 11 is 6.46. The molecular formula is C31H39ClN6O4. The van der Waals surface area contributed by atoms with Gasteiger partial charge in [0, 0.05) is 74.6 Å². The van der Waals surface area contributed by atoms with Crippen LogP contribution in [0.3, 0.4) is 0 Å². The number of carbonyl (C=O) groups is 3. The predicted molar refractivity (Wildman–Crippen MR) is 160 cm³/mol. The third-order valence-electron chi connectivity index (χ3n) is 8.72. The second-order valence-electron chi connectivity index (χ2n) is 11.5. The average Bonchev–Trinajstić information content (AvgIpc) is 3.55. The number of hydrogen-bond acceptors (Lipinski definition) is 7. The van der Waals surface area contributed by atoms with E-state index in [1.54, 1.807) is 4.90 Å². The highest BCUT2D eigenvalue weighted by atomic mass is 35.5. The van der Waals surface area contributed by atoms with Crippen molar-refractivity contribution in [1.82, 2.24) is 24.7 Å². The molecule has 0 aliphatic carbocycles. The molecule has 1 atom stereocenters. The molecule has 224 valence electrons. The van der Waals surface area contributed by atoms with Crippen LogP contribution in [0, 0.1) is 32.6 Å². The standard InChI is InChI=1S/C31H39ClN6O4/c1-20-6-7-26(14-27(20)32)38(29(39)23-8-12-36(13-9-23)31(41)42-4)11-5-10-35-15-24-17-37(18-25(24)16-35)30(40)28-21(2)33-19-34-22(28)3/h6-7,14,17,19,23,25H,5,8-13,15-16,18H2,1-4H3. The van der Waals surface area contributed by atoms with Gasteiger partial charge < -0.3 is 19.4 Å². The second-order valence-corrected chi connectivity index (χ2v) is 11.9. The number of piperidine rings is 1. The molecule has 3 aliphatic rings. The quantitative estimate of drug-likeness (QED) is 0.473. The van der Waals surface area contributed by atoms with Gasteiger partial charge in [0.05, 0.1) is 24.1 Å². The molecular weight excluding hydrogens is 556 g/mol. The fraction of sp³-hybridized carbons (Fsp3) is 0.516. The predicted octanol–water partition coefficient (Wildman–Crippen LogP) is 4.23. The van der Waals surface area contributed by atoms with Crippen LogP contribution in [-0.2, 0) is 9.53 Å². The summed E-state index contributed by atoms with van der Waals surface area (Å²) in [5.41, 5.74) is 5.03. The molecule has 2 saturated heterocycles. The van der Waals surface area contributed by atoms with Crippen LogP contribution in [0.5, 0.6) is 0 Å². The smallest absolute Gasteiger partial charge is 0.409 e. The molecule has 0 bridgehead atoms. The Balaban J connectivity index is 1.20. The Morgan fingerprint density at radius 3 is 2.43 bits per heavy atom. The molecule has 5 rings (SSSR count). The number of anilines is 1. The first kappa shape index (κ1) is 30.0. The number of amides is 3. The molecule has 10 nitrogen and oxygen atoms in total. The normalized spacial score (nSPS) is 19.1. The van der Waals surface area contributed by atoms with Crippen molar-refractivity contribution >= 4 is 35.2 Å². The van der Waals surface area contributed by atoms with Crippen molar-refractivity contribution in [2.24, 2.45) is 11.8 Å². The summed E-state index contributed by atoms with van der Waals surface area (Å²) in [4.78, 5) is 55.0. The summed E-state index contributed by atoms with van der Waals surface area (Å²) in [5, 5.41) is 0.636. The number of ether oxygens (including phenoxy) is 1. The number of nitrogens with zero attached hydrogens (tertiary/aromatic N) is 6. The number of likely N-dealkylation sites (tertiary alicyclic amines) is 2. The van der Waals surface area contributed by atoms with E-state index in [2.05, 4.69) is 14.9 Å². The maximum Gasteiger partial charge on any atom is 0.409 e. The van der Waals surface area contributed by atoms with E-state index in [9.17, 15) is 14.4 Å². The summed E-state index contributed by atoms with van der Waals surface area (Å²) in [6.45, 7) is 10.4. The zero-order valence-corrected chi connectivity index (χ0v) is 25.6. The summed E-state index contributed by atoms with van der Waals surface area (Å²) in [6.07, 6.45) is 5.17. The number of fused-ring (bicyclic) bond motifs is 1. The summed E-state index contributed by atoms with van der Waals surface area (Å²) in [5.74, 6) is 0.188. The molecule has 2 fully saturated rings. The van der Waals surface area contributed by atoms with E-state index in [1.807, 2.05) is 55.0 Å². The molecule has 0 radical (unpaired) electrons. The molecule has 2 aromatic rings. The monoisotopic (exact) mass is 594 g/mol. The SMILES string of the molecule is COC(=O)N1CCC(C(=O)N(CCCN2CC3=CN(C(=O)c4c(C)ncnc4C)CC3C2)c2ccc(C)c(Cl)c2)CC1. The third kappa shape index (κ3) is 6.29. The highest BCUT2D eigenvalue weighted by Crippen LogP contribution is 2.32. The fourth-order valence-electron chi connectivity index (χ4n) is 6.28. The first-order chi connectivity index (χ1) is 20.2. The Kier molecular flexibility index (Phi) is 9.13. The first-order valence-electron chi connectivity index (χ1n) is 14.6. The van der Waals surface area contributed by atoms with Crippen molar-refractivity contribution < 1.29 is 19.1 Å². The lowest BCUT2D eigenvalue weighted by molar-refractivity contribution is -0.123. The van der Waals surface area contributed by atoms with Crippen LogP contribution < -0.4 is 4.90 Å². The van der Waals surface area contributed by atoms with E-state index in [-0.39, 0.29) is 23.8 Å². The zero-order chi connectivity index (χ0) is 30.0. The van der Waals surface area contributed by atoms with E-state index in [0.29, 0.717) is 66.9 Å². The highest BCUT2D eigenvalue weighted by molar-refractivity contribution is 6.31. The van der Waals surface area contributed by atoms with Gasteiger partial charge in [-0.2, -0.15) is 0 Å². The summed E-state index contributed by atoms with van der Waals surface area (Å²) in [7, 11) is 1.38. The lowest BCUT2D eigenvalue weighted by Gasteiger charge is -2.34. The number of carbonyl (C=O) groups excluding carboxylic acids is 3. The van der Waals surface area contributed by atoms with E-state index < -0.39 is 0 Å². The molecule has 1 unspecified atom stereocenters. The van der Waals surface area contributed by atoms with Gasteiger partial charge in [0.1, 0.15) is 6.33 Å². The van der Waals surface area contributed by atoms with Crippen molar-refractivity contribution in [3.63, 3.8) is 0 Å². The Hall–Kier alpha value is -3.50. The van der Waals surface area contributed by atoms with E-state index >= 15 is 0 Å². The summed E-state index contributed by atoms with van der Waals surface area (Å²) in [6, 6.07) is 5.78. The largest absolute Gasteiger partial charge is 0.453 e. The van der Waals surface area contributed by atoms with Crippen LogP contribution >= 0.6 is 11.6 Å². The van der Waals surface area contributed by atoms with Crippen molar-refractivity contribution in [1.29, 1.82) is 0 Å². The van der Waals surface area contributed by atoms with E-state index in [4.69, 9.17) is 16.3 Å². The molecule has 1 aromatic heterocycles. The molecule has 3 amide bonds. The van der Waals surface area contributed by atoms with Crippen LogP contribution in [-0.4, -0.2) is 95.5 Å². The van der Waals surface area contributed by atoms with Crippen molar-refractivity contribution in [3.05, 3.63) is 63.8 Å². The van der Waals surface area contributed by atoms with Gasteiger partial charge in [0.2, 0.25) is 5.91 Å². The Morgan fingerprint density at radius 1 is 1.07 bits per heavy atom. The van der Waals surface area contributed by atoms with Gasteiger partial charge in [0.25, 0.3) is 5.91 Å². The number of rotatable bonds is 7. The molecule has 0 spiro atoms. The Labute approximate surface area is 252 Å². The molecule has 4 heterocycles. The van der Waals surface area contributed by atoms with E-state index in [0.717, 1.165) is 37.3 Å². The van der Waals surface area contributed by atoms with Crippen LogP contribution in [0.15, 0.2) is 36.3 Å². The third-order valence-corrected chi connectivity index (χ3v) is 9.12. The fourth-order valence-corrected chi connectivity index (χ4v) is 6.45. The number of halogens is 1. The van der Waals surface area contributed by atoms with Gasteiger partial charge in [-0.25, -0.2) is 14.8 Å². The topological polar surface area (TPSA) is 99.2 Å². The van der Waals surface area contributed by atoms with Gasteiger partial charge in [-0.15, -0.1) is 0 Å². The Bertz CT molecular complexity index is 1370. The highest BCUT2D eigenvalue weighted by Gasteiger charge is 2.36. The minimum atomic E-state index is -0.347. The zero-order valence-electron chi connectivity index (χ0n) is 24.8. The minimum absolute atomic E-state index is 0.0395. The number of hydrogen-bond donors (Lipinski definition) is 0. The van der Waals surface area contributed by atoms with Crippen LogP contribution in [0.25, 0.3) is 0 Å². The molecule has 3 aliphatic heterocycles. The van der Waals surface area contributed by atoms with Crippen LogP contribution in [0.2, 0.25) is 5.02 Å². The van der Waals surface area contributed by atoms with Gasteiger partial charge in [-0.05, 0) is 63.3 Å². The Morgan fingerprint density at radius 2 is 1.79 bits per heavy atom. The number of benzene rings is 1. The number of methoxy groups -OCH3 is 1. The van der Waals surface area contributed by atoms with Crippen molar-refractivity contribution in [3.8, 4) is 0 Å². The number of aryl methyl sites for hydroxylation is 3.